The van der Waals surface area contributed by atoms with Gasteiger partial charge in [-0.1, -0.05) is 39.5 Å². The van der Waals surface area contributed by atoms with Crippen LogP contribution in [-0.4, -0.2) is 12.1 Å². The van der Waals surface area contributed by atoms with Crippen LogP contribution in [0.15, 0.2) is 0 Å². The van der Waals surface area contributed by atoms with Gasteiger partial charge in [0.05, 0.1) is 0 Å². The highest BCUT2D eigenvalue weighted by Gasteiger charge is 2.20. The summed E-state index contributed by atoms with van der Waals surface area (Å²) in [5.41, 5.74) is 0. The fourth-order valence-electron chi connectivity index (χ4n) is 3.17. The molecule has 1 N–H and O–H groups in total. The molecule has 1 aliphatic carbocycles. The van der Waals surface area contributed by atoms with Gasteiger partial charge in [-0.15, -0.1) is 0 Å². The third-order valence-electron chi connectivity index (χ3n) is 3.98. The van der Waals surface area contributed by atoms with Gasteiger partial charge in [0.15, 0.2) is 0 Å². The van der Waals surface area contributed by atoms with E-state index in [1.165, 1.54) is 44.9 Å². The van der Waals surface area contributed by atoms with E-state index in [9.17, 15) is 0 Å². The van der Waals surface area contributed by atoms with Gasteiger partial charge in [0, 0.05) is 12.1 Å². The molecule has 0 bridgehead atoms. The van der Waals surface area contributed by atoms with Crippen LogP contribution in [0.5, 0.6) is 0 Å². The van der Waals surface area contributed by atoms with Crippen LogP contribution < -0.4 is 5.32 Å². The molecule has 1 aliphatic rings. The molecule has 16 heavy (non-hydrogen) atoms. The van der Waals surface area contributed by atoms with E-state index in [1.807, 2.05) is 0 Å². The molecule has 1 rings (SSSR count). The second-order valence-electron chi connectivity index (χ2n) is 6.24. The van der Waals surface area contributed by atoms with Crippen molar-refractivity contribution in [2.75, 3.05) is 0 Å². The molecule has 0 aromatic heterocycles. The largest absolute Gasteiger partial charge is 0.311 e. The van der Waals surface area contributed by atoms with E-state index in [2.05, 4.69) is 33.0 Å². The Hall–Kier alpha value is -0.0400. The molecule has 1 saturated carbocycles. The zero-order valence-corrected chi connectivity index (χ0v) is 11.8. The highest BCUT2D eigenvalue weighted by molar-refractivity contribution is 4.77. The minimum atomic E-state index is 0.679. The van der Waals surface area contributed by atoms with Gasteiger partial charge in [0.2, 0.25) is 0 Å². The van der Waals surface area contributed by atoms with E-state index in [-0.39, 0.29) is 0 Å². The molecule has 0 aliphatic heterocycles. The Morgan fingerprint density at radius 3 is 2.00 bits per heavy atom. The second-order valence-corrected chi connectivity index (χ2v) is 6.24. The van der Waals surface area contributed by atoms with Crippen molar-refractivity contribution in [2.24, 2.45) is 11.8 Å². The van der Waals surface area contributed by atoms with Gasteiger partial charge in [-0.05, 0) is 44.9 Å². The van der Waals surface area contributed by atoms with Crippen molar-refractivity contribution in [1.29, 1.82) is 0 Å². The number of rotatable bonds is 5. The first-order valence-corrected chi connectivity index (χ1v) is 7.35. The van der Waals surface area contributed by atoms with Crippen LogP contribution in [0.2, 0.25) is 0 Å². The average Bonchev–Trinajstić information content (AvgIpc) is 2.43. The third kappa shape index (κ3) is 5.34. The predicted molar refractivity (Wildman–Crippen MR) is 72.7 cm³/mol. The summed E-state index contributed by atoms with van der Waals surface area (Å²) in [5, 5.41) is 3.81. The Balaban J connectivity index is 2.29. The van der Waals surface area contributed by atoms with Gasteiger partial charge in [-0.25, -0.2) is 0 Å². The van der Waals surface area contributed by atoms with E-state index < -0.39 is 0 Å². The maximum atomic E-state index is 3.81. The van der Waals surface area contributed by atoms with E-state index in [0.717, 1.165) is 11.8 Å². The van der Waals surface area contributed by atoms with Crippen molar-refractivity contribution in [3.05, 3.63) is 0 Å². The molecule has 0 saturated heterocycles. The van der Waals surface area contributed by atoms with E-state index in [1.54, 1.807) is 0 Å². The molecule has 0 aromatic carbocycles. The minimum Gasteiger partial charge on any atom is -0.311 e. The van der Waals surface area contributed by atoms with Crippen LogP contribution >= 0.6 is 0 Å². The lowest BCUT2D eigenvalue weighted by atomic mass is 9.92. The molecule has 0 amide bonds. The van der Waals surface area contributed by atoms with Gasteiger partial charge >= 0.3 is 0 Å². The van der Waals surface area contributed by atoms with Crippen LogP contribution in [0.3, 0.4) is 0 Å². The summed E-state index contributed by atoms with van der Waals surface area (Å²) in [7, 11) is 0. The van der Waals surface area contributed by atoms with Gasteiger partial charge in [-0.3, -0.25) is 0 Å². The zero-order chi connectivity index (χ0) is 12.0. The monoisotopic (exact) mass is 225 g/mol. The number of nitrogens with one attached hydrogen (secondary N) is 1. The molecule has 96 valence electrons. The standard InChI is InChI=1S/C15H31N/c1-12(2)11-13(3)16-14(4)15-9-7-5-6-8-10-15/h12-16H,5-11H2,1-4H3/t13?,14-/m1/s1. The van der Waals surface area contributed by atoms with Crippen molar-refractivity contribution in [1.82, 2.24) is 5.32 Å². The Kier molecular flexibility index (Phi) is 6.41. The van der Waals surface area contributed by atoms with Gasteiger partial charge in [0.25, 0.3) is 0 Å². The Bertz CT molecular complexity index is 168. The molecule has 1 nitrogen and oxygen atoms in total. The quantitative estimate of drug-likeness (QED) is 0.685. The molecule has 1 fully saturated rings. The molecule has 0 heterocycles. The normalized spacial score (nSPS) is 23.1. The summed E-state index contributed by atoms with van der Waals surface area (Å²) < 4.78 is 0. The molecule has 1 unspecified atom stereocenters. The summed E-state index contributed by atoms with van der Waals surface area (Å²) in [6.07, 6.45) is 10.0. The topological polar surface area (TPSA) is 12.0 Å². The summed E-state index contributed by atoms with van der Waals surface area (Å²) in [5.74, 6) is 1.74. The maximum Gasteiger partial charge on any atom is 0.00694 e. The molecule has 0 aromatic rings. The van der Waals surface area contributed by atoms with Gasteiger partial charge in [0.1, 0.15) is 0 Å². The van der Waals surface area contributed by atoms with Crippen molar-refractivity contribution in [2.45, 2.75) is 84.7 Å². The van der Waals surface area contributed by atoms with Crippen LogP contribution in [0.1, 0.15) is 72.6 Å². The fourth-order valence-corrected chi connectivity index (χ4v) is 3.17. The summed E-state index contributed by atoms with van der Waals surface area (Å²) in [4.78, 5) is 0. The van der Waals surface area contributed by atoms with E-state index in [0.29, 0.717) is 12.1 Å². The van der Waals surface area contributed by atoms with Crippen LogP contribution in [-0.2, 0) is 0 Å². The van der Waals surface area contributed by atoms with E-state index in [4.69, 9.17) is 0 Å². The zero-order valence-electron chi connectivity index (χ0n) is 11.8. The van der Waals surface area contributed by atoms with Gasteiger partial charge in [-0.2, -0.15) is 0 Å². The molecule has 0 spiro atoms. The summed E-state index contributed by atoms with van der Waals surface area (Å²) >= 11 is 0. The Morgan fingerprint density at radius 1 is 0.938 bits per heavy atom. The minimum absolute atomic E-state index is 0.679. The number of hydrogen-bond acceptors (Lipinski definition) is 1. The lowest BCUT2D eigenvalue weighted by molar-refractivity contribution is 0.298. The molecular weight excluding hydrogens is 194 g/mol. The van der Waals surface area contributed by atoms with Crippen molar-refractivity contribution >= 4 is 0 Å². The lowest BCUT2D eigenvalue weighted by Crippen LogP contribution is -2.40. The summed E-state index contributed by atoms with van der Waals surface area (Å²) in [6.45, 7) is 9.36. The first-order chi connectivity index (χ1) is 7.59. The Labute approximate surface area is 102 Å². The maximum absolute atomic E-state index is 3.81. The van der Waals surface area contributed by atoms with Gasteiger partial charge < -0.3 is 5.32 Å². The average molecular weight is 225 g/mol. The third-order valence-corrected chi connectivity index (χ3v) is 3.98. The van der Waals surface area contributed by atoms with Crippen LogP contribution in [0.25, 0.3) is 0 Å². The molecule has 2 atom stereocenters. The highest BCUT2D eigenvalue weighted by atomic mass is 14.9. The van der Waals surface area contributed by atoms with Crippen molar-refractivity contribution < 1.29 is 0 Å². The first-order valence-electron chi connectivity index (χ1n) is 7.35. The number of hydrogen-bond donors (Lipinski definition) is 1. The van der Waals surface area contributed by atoms with Crippen molar-refractivity contribution in [3.63, 3.8) is 0 Å². The van der Waals surface area contributed by atoms with Crippen LogP contribution in [0, 0.1) is 11.8 Å². The second kappa shape index (κ2) is 7.32. The fraction of sp³-hybridized carbons (Fsp3) is 1.00. The SMILES string of the molecule is CC(C)CC(C)N[C@H](C)C1CCCCCC1. The molecule has 0 radical (unpaired) electrons. The predicted octanol–water partition coefficient (Wildman–Crippen LogP) is 4.37. The molecule has 1 heteroatoms. The van der Waals surface area contributed by atoms with Crippen LogP contribution in [0.4, 0.5) is 0 Å². The molecular formula is C15H31N. The lowest BCUT2D eigenvalue weighted by Gasteiger charge is -2.28. The Morgan fingerprint density at radius 2 is 1.50 bits per heavy atom. The van der Waals surface area contributed by atoms with E-state index >= 15 is 0 Å². The van der Waals surface area contributed by atoms with Crippen molar-refractivity contribution in [3.8, 4) is 0 Å². The summed E-state index contributed by atoms with van der Waals surface area (Å²) in [6, 6.07) is 1.39. The highest BCUT2D eigenvalue weighted by Crippen LogP contribution is 2.25. The smallest absolute Gasteiger partial charge is 0.00694 e. The first kappa shape index (κ1) is 14.0.